The van der Waals surface area contributed by atoms with E-state index in [9.17, 15) is 0 Å². The predicted molar refractivity (Wildman–Crippen MR) is 86.0 cm³/mol. The lowest BCUT2D eigenvalue weighted by Gasteiger charge is -2.25. The fraction of sp³-hybridized carbons (Fsp3) is 0.467. The number of benzene rings is 1. The van der Waals surface area contributed by atoms with Gasteiger partial charge in [0, 0.05) is 25.7 Å². The Kier molecular flexibility index (Phi) is 3.80. The molecule has 4 rings (SSSR count). The third-order valence-electron chi connectivity index (χ3n) is 4.11. The van der Waals surface area contributed by atoms with Crippen molar-refractivity contribution in [3.63, 3.8) is 0 Å². The fourth-order valence-electron chi connectivity index (χ4n) is 2.80. The van der Waals surface area contributed by atoms with Gasteiger partial charge in [-0.05, 0) is 30.4 Å². The summed E-state index contributed by atoms with van der Waals surface area (Å²) >= 11 is 5.53. The second kappa shape index (κ2) is 5.95. The molecule has 3 heterocycles. The first-order chi connectivity index (χ1) is 11.2. The number of fused-ring (bicyclic) bond motifs is 1. The van der Waals surface area contributed by atoms with Gasteiger partial charge in [0.25, 0.3) is 0 Å². The van der Waals surface area contributed by atoms with Crippen molar-refractivity contribution in [1.29, 1.82) is 0 Å². The topological polar surface area (TPSA) is 53.7 Å². The molecular weight excluding hydrogens is 316 g/mol. The highest BCUT2D eigenvalue weighted by atomic mass is 32.1. The largest absolute Gasteiger partial charge is 0.454 e. The van der Waals surface area contributed by atoms with Crippen molar-refractivity contribution in [3.05, 3.63) is 23.0 Å². The lowest BCUT2D eigenvalue weighted by molar-refractivity contribution is 0.0210. The van der Waals surface area contributed by atoms with E-state index in [4.69, 9.17) is 31.5 Å². The summed E-state index contributed by atoms with van der Waals surface area (Å²) < 4.78 is 20.7. The van der Waals surface area contributed by atoms with E-state index in [1.165, 1.54) is 0 Å². The van der Waals surface area contributed by atoms with Crippen molar-refractivity contribution in [3.8, 4) is 22.9 Å². The minimum Gasteiger partial charge on any atom is -0.454 e. The van der Waals surface area contributed by atoms with E-state index in [0.29, 0.717) is 11.4 Å². The van der Waals surface area contributed by atoms with Crippen LogP contribution in [-0.2, 0) is 18.5 Å². The summed E-state index contributed by atoms with van der Waals surface area (Å²) in [6.45, 7) is 4.27. The molecule has 1 fully saturated rings. The van der Waals surface area contributed by atoms with E-state index in [1.54, 1.807) is 0 Å². The van der Waals surface area contributed by atoms with Crippen molar-refractivity contribution in [1.82, 2.24) is 19.2 Å². The summed E-state index contributed by atoms with van der Waals surface area (Å²) in [6, 6.07) is 5.82. The molecule has 122 valence electrons. The van der Waals surface area contributed by atoms with Crippen LogP contribution in [0.3, 0.4) is 0 Å². The molecule has 2 aliphatic heterocycles. The Labute approximate surface area is 139 Å². The molecule has 0 N–H and O–H groups in total. The van der Waals surface area contributed by atoms with Crippen LogP contribution >= 0.6 is 12.2 Å². The Bertz CT molecular complexity index is 780. The molecule has 0 saturated carbocycles. The summed E-state index contributed by atoms with van der Waals surface area (Å²) in [5, 5.41) is 4.70. The van der Waals surface area contributed by atoms with E-state index in [1.807, 2.05) is 34.5 Å². The van der Waals surface area contributed by atoms with Crippen molar-refractivity contribution in [2.45, 2.75) is 6.67 Å². The van der Waals surface area contributed by atoms with Gasteiger partial charge in [-0.3, -0.25) is 4.90 Å². The molecule has 0 spiro atoms. The first-order valence-corrected chi connectivity index (χ1v) is 7.97. The van der Waals surface area contributed by atoms with Crippen molar-refractivity contribution in [2.75, 3.05) is 33.1 Å². The van der Waals surface area contributed by atoms with Gasteiger partial charge in [-0.2, -0.15) is 5.10 Å². The average Bonchev–Trinajstić information content (AvgIpc) is 3.15. The van der Waals surface area contributed by atoms with E-state index in [-0.39, 0.29) is 6.79 Å². The third kappa shape index (κ3) is 2.73. The highest BCUT2D eigenvalue weighted by Crippen LogP contribution is 2.35. The van der Waals surface area contributed by atoms with Crippen molar-refractivity contribution >= 4 is 12.2 Å². The van der Waals surface area contributed by atoms with Crippen LogP contribution in [0.25, 0.3) is 11.4 Å². The zero-order chi connectivity index (χ0) is 15.8. The summed E-state index contributed by atoms with van der Waals surface area (Å²) in [5.41, 5.74) is 0.962. The van der Waals surface area contributed by atoms with Gasteiger partial charge in [-0.25, -0.2) is 4.68 Å². The number of hydrogen-bond acceptors (Lipinski definition) is 6. The van der Waals surface area contributed by atoms with E-state index >= 15 is 0 Å². The Balaban J connectivity index is 1.64. The van der Waals surface area contributed by atoms with Crippen LogP contribution in [0.2, 0.25) is 0 Å². The maximum Gasteiger partial charge on any atom is 0.231 e. The highest BCUT2D eigenvalue weighted by molar-refractivity contribution is 7.71. The Hall–Kier alpha value is -1.90. The highest BCUT2D eigenvalue weighted by Gasteiger charge is 2.18. The van der Waals surface area contributed by atoms with Gasteiger partial charge in [0.1, 0.15) is 0 Å². The summed E-state index contributed by atoms with van der Waals surface area (Å²) in [5.74, 6) is 2.33. The first kappa shape index (κ1) is 14.7. The second-order valence-corrected chi connectivity index (χ2v) is 5.97. The molecule has 8 heteroatoms. The van der Waals surface area contributed by atoms with Crippen LogP contribution in [0.15, 0.2) is 18.2 Å². The molecule has 2 aliphatic rings. The molecular formula is C15H18N4O3S. The molecule has 0 atom stereocenters. The van der Waals surface area contributed by atoms with Crippen LogP contribution in [-0.4, -0.2) is 52.3 Å². The summed E-state index contributed by atoms with van der Waals surface area (Å²) in [7, 11) is 1.94. The summed E-state index contributed by atoms with van der Waals surface area (Å²) in [6.07, 6.45) is 0. The number of nitrogens with zero attached hydrogens (tertiary/aromatic N) is 4. The normalized spacial score (nSPS) is 17.6. The van der Waals surface area contributed by atoms with Gasteiger partial charge < -0.3 is 18.8 Å². The van der Waals surface area contributed by atoms with E-state index in [2.05, 4.69) is 4.90 Å². The smallest absolute Gasteiger partial charge is 0.231 e. The quantitative estimate of drug-likeness (QED) is 0.796. The Morgan fingerprint density at radius 3 is 2.78 bits per heavy atom. The van der Waals surface area contributed by atoms with Gasteiger partial charge in [0.2, 0.25) is 6.79 Å². The van der Waals surface area contributed by atoms with Gasteiger partial charge in [0.15, 0.2) is 22.1 Å². The maximum atomic E-state index is 5.53. The lowest BCUT2D eigenvalue weighted by Crippen LogP contribution is -2.37. The molecule has 1 aromatic heterocycles. The maximum absolute atomic E-state index is 5.53. The van der Waals surface area contributed by atoms with Crippen molar-refractivity contribution in [2.24, 2.45) is 7.05 Å². The fourth-order valence-corrected chi connectivity index (χ4v) is 2.98. The standard InChI is InChI=1S/C15H18N4O3S/c1-17-14(11-2-3-12-13(8-11)22-10-21-12)16-19(15(17)23)9-18-4-6-20-7-5-18/h2-3,8H,4-7,9-10H2,1H3. The van der Waals surface area contributed by atoms with Gasteiger partial charge in [-0.1, -0.05) is 0 Å². The average molecular weight is 334 g/mol. The molecule has 0 amide bonds. The summed E-state index contributed by atoms with van der Waals surface area (Å²) in [4.78, 5) is 2.29. The third-order valence-corrected chi connectivity index (χ3v) is 4.59. The molecule has 0 radical (unpaired) electrons. The zero-order valence-corrected chi connectivity index (χ0v) is 13.7. The first-order valence-electron chi connectivity index (χ1n) is 7.56. The second-order valence-electron chi connectivity index (χ2n) is 5.60. The van der Waals surface area contributed by atoms with Gasteiger partial charge >= 0.3 is 0 Å². The SMILES string of the molecule is Cn1c(-c2ccc3c(c2)OCO3)nn(CN2CCOCC2)c1=S. The van der Waals surface area contributed by atoms with Gasteiger partial charge in [-0.15, -0.1) is 0 Å². The minimum atomic E-state index is 0.267. The van der Waals surface area contributed by atoms with Crippen LogP contribution in [0, 0.1) is 4.77 Å². The van der Waals surface area contributed by atoms with Crippen molar-refractivity contribution < 1.29 is 14.2 Å². The molecule has 0 aliphatic carbocycles. The number of morpholine rings is 1. The molecule has 0 bridgehead atoms. The molecule has 2 aromatic rings. The number of ether oxygens (including phenoxy) is 3. The zero-order valence-electron chi connectivity index (χ0n) is 12.9. The minimum absolute atomic E-state index is 0.267. The molecule has 1 saturated heterocycles. The molecule has 1 aromatic carbocycles. The van der Waals surface area contributed by atoms with Crippen LogP contribution < -0.4 is 9.47 Å². The van der Waals surface area contributed by atoms with Crippen LogP contribution in [0.5, 0.6) is 11.5 Å². The number of rotatable bonds is 3. The van der Waals surface area contributed by atoms with E-state index in [0.717, 1.165) is 49.2 Å². The monoisotopic (exact) mass is 334 g/mol. The Morgan fingerprint density at radius 2 is 1.96 bits per heavy atom. The molecule has 23 heavy (non-hydrogen) atoms. The van der Waals surface area contributed by atoms with Gasteiger partial charge in [0.05, 0.1) is 19.9 Å². The van der Waals surface area contributed by atoms with Crippen LogP contribution in [0.1, 0.15) is 0 Å². The van der Waals surface area contributed by atoms with Crippen LogP contribution in [0.4, 0.5) is 0 Å². The van der Waals surface area contributed by atoms with E-state index < -0.39 is 0 Å². The number of aromatic nitrogens is 3. The molecule has 7 nitrogen and oxygen atoms in total. The molecule has 0 unspecified atom stereocenters. The predicted octanol–water partition coefficient (Wildman–Crippen LogP) is 1.64. The number of hydrogen-bond donors (Lipinski definition) is 0. The lowest BCUT2D eigenvalue weighted by atomic mass is 10.2. The Morgan fingerprint density at radius 1 is 1.17 bits per heavy atom.